The van der Waals surface area contributed by atoms with Crippen molar-refractivity contribution in [3.63, 3.8) is 0 Å². The molecule has 1 aromatic carbocycles. The molecule has 0 heterocycles. The van der Waals surface area contributed by atoms with Crippen LogP contribution in [0.15, 0.2) is 24.3 Å². The van der Waals surface area contributed by atoms with Crippen LogP contribution in [-0.4, -0.2) is 31.4 Å². The van der Waals surface area contributed by atoms with Gasteiger partial charge in [-0.1, -0.05) is 38.3 Å². The molecule has 0 unspecified atom stereocenters. The Balaban J connectivity index is 1.88. The number of benzene rings is 1. The molecule has 1 aromatic rings. The first-order chi connectivity index (χ1) is 10.1. The van der Waals surface area contributed by atoms with Gasteiger partial charge in [-0.15, -0.1) is 0 Å². The molecule has 0 bridgehead atoms. The Hall–Kier alpha value is -1.06. The van der Waals surface area contributed by atoms with Gasteiger partial charge in [0.2, 0.25) is 0 Å². The summed E-state index contributed by atoms with van der Waals surface area (Å²) in [6, 6.07) is 8.14. The summed E-state index contributed by atoms with van der Waals surface area (Å²) in [7, 11) is 1.85. The van der Waals surface area contributed by atoms with Crippen molar-refractivity contribution >= 4 is 0 Å². The molecule has 1 aliphatic carbocycles. The van der Waals surface area contributed by atoms with E-state index in [1.54, 1.807) is 0 Å². The Morgan fingerprint density at radius 1 is 1.29 bits per heavy atom. The van der Waals surface area contributed by atoms with Crippen LogP contribution < -0.4 is 10.1 Å². The Bertz CT molecular complexity index is 427. The fourth-order valence-corrected chi connectivity index (χ4v) is 3.15. The first kappa shape index (κ1) is 16.3. The van der Waals surface area contributed by atoms with Gasteiger partial charge in [-0.25, -0.2) is 0 Å². The second-order valence-corrected chi connectivity index (χ2v) is 6.72. The second kappa shape index (κ2) is 7.81. The van der Waals surface area contributed by atoms with E-state index in [-0.39, 0.29) is 6.10 Å². The second-order valence-electron chi connectivity index (χ2n) is 6.72. The third-order valence-electron chi connectivity index (χ3n) is 4.46. The average Bonchev–Trinajstić information content (AvgIpc) is 2.47. The van der Waals surface area contributed by atoms with Crippen LogP contribution in [0, 0.1) is 5.41 Å². The summed E-state index contributed by atoms with van der Waals surface area (Å²) < 4.78 is 6.03. The minimum atomic E-state index is -0.346. The highest BCUT2D eigenvalue weighted by Gasteiger charge is 2.27. The van der Waals surface area contributed by atoms with Gasteiger partial charge in [0.15, 0.2) is 0 Å². The predicted octanol–water partition coefficient (Wildman–Crippen LogP) is 3.16. The summed E-state index contributed by atoms with van der Waals surface area (Å²) in [5, 5.41) is 12.9. The molecule has 0 radical (unpaired) electrons. The number of nitrogens with one attached hydrogen (secondary N) is 1. The lowest BCUT2D eigenvalue weighted by molar-refractivity contribution is 0.116. The Morgan fingerprint density at radius 2 is 2.05 bits per heavy atom. The van der Waals surface area contributed by atoms with E-state index in [1.807, 2.05) is 25.2 Å². The summed E-state index contributed by atoms with van der Waals surface area (Å²) in [6.07, 6.45) is 6.89. The quantitative estimate of drug-likeness (QED) is 0.811. The van der Waals surface area contributed by atoms with E-state index in [1.165, 1.54) is 32.1 Å². The van der Waals surface area contributed by atoms with E-state index in [2.05, 4.69) is 18.3 Å². The molecular weight excluding hydrogens is 262 g/mol. The molecular formula is C18H29NO2. The summed E-state index contributed by atoms with van der Waals surface area (Å²) in [4.78, 5) is 0. The SMILES string of the molecule is CNC[C@@H](O)Cc1cccc(OCC2(C)CCCCC2)c1. The third kappa shape index (κ3) is 5.33. The van der Waals surface area contributed by atoms with Gasteiger partial charge in [-0.05, 0) is 44.0 Å². The van der Waals surface area contributed by atoms with Crippen LogP contribution in [-0.2, 0) is 6.42 Å². The van der Waals surface area contributed by atoms with Crippen LogP contribution in [0.2, 0.25) is 0 Å². The van der Waals surface area contributed by atoms with Gasteiger partial charge in [0.25, 0.3) is 0 Å². The molecule has 0 aromatic heterocycles. The van der Waals surface area contributed by atoms with Crippen LogP contribution in [0.25, 0.3) is 0 Å². The molecule has 1 aliphatic rings. The number of rotatable bonds is 7. The predicted molar refractivity (Wildman–Crippen MR) is 86.8 cm³/mol. The highest BCUT2D eigenvalue weighted by atomic mass is 16.5. The summed E-state index contributed by atoms with van der Waals surface area (Å²) >= 11 is 0. The van der Waals surface area contributed by atoms with Gasteiger partial charge < -0.3 is 15.2 Å². The maximum Gasteiger partial charge on any atom is 0.119 e. The Kier molecular flexibility index (Phi) is 6.07. The molecule has 0 saturated heterocycles. The van der Waals surface area contributed by atoms with Gasteiger partial charge in [0.05, 0.1) is 12.7 Å². The molecule has 0 amide bonds. The largest absolute Gasteiger partial charge is 0.493 e. The maximum absolute atomic E-state index is 9.86. The lowest BCUT2D eigenvalue weighted by Gasteiger charge is -2.33. The monoisotopic (exact) mass is 291 g/mol. The third-order valence-corrected chi connectivity index (χ3v) is 4.46. The molecule has 3 heteroatoms. The van der Waals surface area contributed by atoms with Crippen molar-refractivity contribution in [1.29, 1.82) is 0 Å². The topological polar surface area (TPSA) is 41.5 Å². The fourth-order valence-electron chi connectivity index (χ4n) is 3.15. The van der Waals surface area contributed by atoms with E-state index in [0.29, 0.717) is 18.4 Å². The summed E-state index contributed by atoms with van der Waals surface area (Å²) in [5.74, 6) is 0.927. The lowest BCUT2D eigenvalue weighted by Crippen LogP contribution is -2.27. The summed E-state index contributed by atoms with van der Waals surface area (Å²) in [6.45, 7) is 3.76. The van der Waals surface area contributed by atoms with Crippen LogP contribution >= 0.6 is 0 Å². The molecule has 2 N–H and O–H groups in total. The van der Waals surface area contributed by atoms with Crippen molar-refractivity contribution in [3.05, 3.63) is 29.8 Å². The van der Waals surface area contributed by atoms with Crippen LogP contribution in [0.4, 0.5) is 0 Å². The zero-order valence-corrected chi connectivity index (χ0v) is 13.4. The molecule has 2 rings (SSSR count). The molecule has 3 nitrogen and oxygen atoms in total. The van der Waals surface area contributed by atoms with E-state index < -0.39 is 0 Å². The molecule has 118 valence electrons. The highest BCUT2D eigenvalue weighted by Crippen LogP contribution is 2.36. The number of ether oxygens (including phenoxy) is 1. The smallest absolute Gasteiger partial charge is 0.119 e. The zero-order valence-electron chi connectivity index (χ0n) is 13.4. The number of aliphatic hydroxyl groups is 1. The average molecular weight is 291 g/mol. The molecule has 1 fully saturated rings. The van der Waals surface area contributed by atoms with Crippen molar-refractivity contribution in [1.82, 2.24) is 5.32 Å². The Morgan fingerprint density at radius 3 is 2.76 bits per heavy atom. The van der Waals surface area contributed by atoms with Crippen molar-refractivity contribution in [2.45, 2.75) is 51.6 Å². The van der Waals surface area contributed by atoms with Gasteiger partial charge in [0.1, 0.15) is 5.75 Å². The number of hydrogen-bond donors (Lipinski definition) is 2. The minimum Gasteiger partial charge on any atom is -0.493 e. The highest BCUT2D eigenvalue weighted by molar-refractivity contribution is 5.29. The maximum atomic E-state index is 9.86. The van der Waals surface area contributed by atoms with E-state index >= 15 is 0 Å². The van der Waals surface area contributed by atoms with Crippen molar-refractivity contribution in [2.24, 2.45) is 5.41 Å². The molecule has 1 saturated carbocycles. The molecule has 0 spiro atoms. The van der Waals surface area contributed by atoms with Crippen LogP contribution in [0.1, 0.15) is 44.6 Å². The van der Waals surface area contributed by atoms with Gasteiger partial charge in [-0.2, -0.15) is 0 Å². The zero-order chi connectivity index (χ0) is 15.1. The normalized spacial score (nSPS) is 19.2. The van der Waals surface area contributed by atoms with Crippen LogP contribution in [0.5, 0.6) is 5.75 Å². The summed E-state index contributed by atoms with van der Waals surface area (Å²) in [5.41, 5.74) is 1.46. The molecule has 21 heavy (non-hydrogen) atoms. The standard InChI is InChI=1S/C18H29NO2/c1-18(9-4-3-5-10-18)14-21-17-8-6-7-15(12-17)11-16(20)13-19-2/h6-8,12,16,19-20H,3-5,9-11,13-14H2,1-2H3/t16-/m0/s1. The van der Waals surface area contributed by atoms with E-state index in [4.69, 9.17) is 4.74 Å². The van der Waals surface area contributed by atoms with E-state index in [0.717, 1.165) is 17.9 Å². The lowest BCUT2D eigenvalue weighted by atomic mass is 9.76. The fraction of sp³-hybridized carbons (Fsp3) is 0.667. The molecule has 1 atom stereocenters. The number of hydrogen-bond acceptors (Lipinski definition) is 3. The first-order valence-corrected chi connectivity index (χ1v) is 8.16. The van der Waals surface area contributed by atoms with Gasteiger partial charge >= 0.3 is 0 Å². The molecule has 0 aliphatic heterocycles. The first-order valence-electron chi connectivity index (χ1n) is 8.16. The van der Waals surface area contributed by atoms with Gasteiger partial charge in [-0.3, -0.25) is 0 Å². The van der Waals surface area contributed by atoms with Crippen molar-refractivity contribution in [3.8, 4) is 5.75 Å². The van der Waals surface area contributed by atoms with Crippen molar-refractivity contribution in [2.75, 3.05) is 20.2 Å². The number of aliphatic hydroxyl groups excluding tert-OH is 1. The van der Waals surface area contributed by atoms with Crippen LogP contribution in [0.3, 0.4) is 0 Å². The number of likely N-dealkylation sites (N-methyl/N-ethyl adjacent to an activating group) is 1. The van der Waals surface area contributed by atoms with Gasteiger partial charge in [0, 0.05) is 12.0 Å². The Labute approximate surface area is 128 Å². The van der Waals surface area contributed by atoms with E-state index in [9.17, 15) is 5.11 Å². The minimum absolute atomic E-state index is 0.333. The van der Waals surface area contributed by atoms with Crippen molar-refractivity contribution < 1.29 is 9.84 Å².